The smallest absolute Gasteiger partial charge is 0.325 e. The van der Waals surface area contributed by atoms with Crippen LogP contribution < -0.4 is 10.6 Å². The fraction of sp³-hybridized carbons (Fsp3) is 0.296. The number of nitrogens with one attached hydrogen (secondary N) is 2. The molecule has 3 aromatic carbocycles. The molecular weight excluding hydrogens is 414 g/mol. The van der Waals surface area contributed by atoms with E-state index in [0.29, 0.717) is 11.5 Å². The molecule has 0 spiro atoms. The lowest BCUT2D eigenvalue weighted by molar-refractivity contribution is -0.135. The van der Waals surface area contributed by atoms with E-state index in [1.807, 2.05) is 73.7 Å². The van der Waals surface area contributed by atoms with Gasteiger partial charge in [-0.05, 0) is 47.2 Å². The minimum absolute atomic E-state index is 0.278. The highest BCUT2D eigenvalue weighted by molar-refractivity contribution is 6.09. The largest absolute Gasteiger partial charge is 0.348 e. The summed E-state index contributed by atoms with van der Waals surface area (Å²) >= 11 is 0. The number of hydrogen-bond donors (Lipinski definition) is 2. The predicted octanol–water partition coefficient (Wildman–Crippen LogP) is 4.61. The molecule has 1 aliphatic rings. The Balaban J connectivity index is 1.48. The van der Waals surface area contributed by atoms with Crippen molar-refractivity contribution in [3.8, 4) is 0 Å². The standard InChI is InChI=1S/C27H29N3O3/c1-17(2)19-12-14-21(15-13-19)27(4)25(32)30(26(33)29-27)16-24(31)28-18(3)22-11-7-9-20-8-5-6-10-23(20)22/h5-15,17-18H,16H2,1-4H3,(H,28,31)(H,29,33). The summed E-state index contributed by atoms with van der Waals surface area (Å²) in [5.74, 6) is -0.458. The monoisotopic (exact) mass is 443 g/mol. The molecule has 2 atom stereocenters. The van der Waals surface area contributed by atoms with Gasteiger partial charge in [0.2, 0.25) is 5.91 Å². The van der Waals surface area contributed by atoms with Crippen molar-refractivity contribution < 1.29 is 14.4 Å². The summed E-state index contributed by atoms with van der Waals surface area (Å²) in [6.45, 7) is 7.43. The van der Waals surface area contributed by atoms with Gasteiger partial charge in [-0.25, -0.2) is 4.79 Å². The van der Waals surface area contributed by atoms with Crippen LogP contribution in [0.25, 0.3) is 10.8 Å². The van der Waals surface area contributed by atoms with E-state index in [2.05, 4.69) is 24.5 Å². The molecule has 33 heavy (non-hydrogen) atoms. The van der Waals surface area contributed by atoms with Gasteiger partial charge in [-0.3, -0.25) is 14.5 Å². The Labute approximate surface area is 194 Å². The van der Waals surface area contributed by atoms with Gasteiger partial charge >= 0.3 is 6.03 Å². The lowest BCUT2D eigenvalue weighted by Gasteiger charge is -2.23. The maximum absolute atomic E-state index is 13.2. The first-order chi connectivity index (χ1) is 15.7. The van der Waals surface area contributed by atoms with Crippen LogP contribution in [-0.4, -0.2) is 29.3 Å². The first kappa shape index (κ1) is 22.5. The Morgan fingerprint density at radius 1 is 0.970 bits per heavy atom. The molecule has 0 radical (unpaired) electrons. The fourth-order valence-corrected chi connectivity index (χ4v) is 4.37. The Hall–Kier alpha value is -3.67. The quantitative estimate of drug-likeness (QED) is 0.546. The minimum Gasteiger partial charge on any atom is -0.348 e. The molecule has 0 aromatic heterocycles. The van der Waals surface area contributed by atoms with Crippen molar-refractivity contribution in [2.24, 2.45) is 0 Å². The van der Waals surface area contributed by atoms with Crippen LogP contribution in [0.1, 0.15) is 56.3 Å². The van der Waals surface area contributed by atoms with E-state index in [4.69, 9.17) is 0 Å². The molecule has 0 aliphatic carbocycles. The number of urea groups is 1. The van der Waals surface area contributed by atoms with Crippen LogP contribution in [0.15, 0.2) is 66.7 Å². The third-order valence-electron chi connectivity index (χ3n) is 6.40. The predicted molar refractivity (Wildman–Crippen MR) is 129 cm³/mol. The highest BCUT2D eigenvalue weighted by Gasteiger charge is 2.49. The van der Waals surface area contributed by atoms with Crippen molar-refractivity contribution in [3.63, 3.8) is 0 Å². The maximum Gasteiger partial charge on any atom is 0.325 e. The highest BCUT2D eigenvalue weighted by Crippen LogP contribution is 2.30. The van der Waals surface area contributed by atoms with Crippen molar-refractivity contribution in [3.05, 3.63) is 83.4 Å². The van der Waals surface area contributed by atoms with E-state index in [9.17, 15) is 14.4 Å². The second-order valence-electron chi connectivity index (χ2n) is 9.08. The summed E-state index contributed by atoms with van der Waals surface area (Å²) in [6.07, 6.45) is 0. The van der Waals surface area contributed by atoms with E-state index < -0.39 is 23.4 Å². The van der Waals surface area contributed by atoms with Crippen LogP contribution in [0.3, 0.4) is 0 Å². The molecule has 6 nitrogen and oxygen atoms in total. The number of carbonyl (C=O) groups is 3. The number of carbonyl (C=O) groups excluding carboxylic acids is 3. The number of fused-ring (bicyclic) bond motifs is 1. The molecule has 1 heterocycles. The second kappa shape index (κ2) is 8.70. The fourth-order valence-electron chi connectivity index (χ4n) is 4.37. The highest BCUT2D eigenvalue weighted by atomic mass is 16.2. The maximum atomic E-state index is 13.2. The Kier molecular flexibility index (Phi) is 5.93. The first-order valence-corrected chi connectivity index (χ1v) is 11.2. The summed E-state index contributed by atoms with van der Waals surface area (Å²) < 4.78 is 0. The molecule has 1 saturated heterocycles. The van der Waals surface area contributed by atoms with Crippen LogP contribution in [0.4, 0.5) is 4.79 Å². The first-order valence-electron chi connectivity index (χ1n) is 11.2. The van der Waals surface area contributed by atoms with Crippen molar-refractivity contribution in [2.75, 3.05) is 6.54 Å². The van der Waals surface area contributed by atoms with Crippen molar-refractivity contribution in [1.82, 2.24) is 15.5 Å². The molecule has 2 unspecified atom stereocenters. The zero-order valence-electron chi connectivity index (χ0n) is 19.4. The summed E-state index contributed by atoms with van der Waals surface area (Å²) in [7, 11) is 0. The second-order valence-corrected chi connectivity index (χ2v) is 9.08. The lowest BCUT2D eigenvalue weighted by atomic mass is 9.90. The van der Waals surface area contributed by atoms with Gasteiger partial charge in [0.05, 0.1) is 6.04 Å². The van der Waals surface area contributed by atoms with Gasteiger partial charge in [0, 0.05) is 0 Å². The van der Waals surface area contributed by atoms with Gasteiger partial charge in [0.15, 0.2) is 0 Å². The van der Waals surface area contributed by atoms with E-state index in [1.165, 1.54) is 0 Å². The van der Waals surface area contributed by atoms with Gasteiger partial charge in [-0.2, -0.15) is 0 Å². The lowest BCUT2D eigenvalue weighted by Crippen LogP contribution is -2.43. The van der Waals surface area contributed by atoms with Crippen LogP contribution >= 0.6 is 0 Å². The molecular formula is C27H29N3O3. The van der Waals surface area contributed by atoms with Crippen LogP contribution in [0.5, 0.6) is 0 Å². The number of benzene rings is 3. The zero-order valence-corrected chi connectivity index (χ0v) is 19.4. The van der Waals surface area contributed by atoms with E-state index >= 15 is 0 Å². The van der Waals surface area contributed by atoms with Gasteiger partial charge in [0.1, 0.15) is 12.1 Å². The molecule has 0 saturated carbocycles. The van der Waals surface area contributed by atoms with Crippen molar-refractivity contribution in [1.29, 1.82) is 0 Å². The van der Waals surface area contributed by atoms with E-state index in [0.717, 1.165) is 26.8 Å². The third kappa shape index (κ3) is 4.21. The summed E-state index contributed by atoms with van der Waals surface area (Å²) in [6, 6.07) is 20.7. The van der Waals surface area contributed by atoms with Crippen LogP contribution in [0, 0.1) is 0 Å². The Bertz CT molecular complexity index is 1210. The number of nitrogens with zero attached hydrogens (tertiary/aromatic N) is 1. The van der Waals surface area contributed by atoms with E-state index in [-0.39, 0.29) is 12.6 Å². The number of hydrogen-bond acceptors (Lipinski definition) is 3. The normalized spacial score (nSPS) is 19.1. The molecule has 4 amide bonds. The molecule has 0 bridgehead atoms. The number of imide groups is 1. The Morgan fingerprint density at radius 2 is 1.64 bits per heavy atom. The average Bonchev–Trinajstić information content (AvgIpc) is 3.02. The van der Waals surface area contributed by atoms with Crippen molar-refractivity contribution in [2.45, 2.75) is 45.2 Å². The van der Waals surface area contributed by atoms with Gasteiger partial charge in [-0.15, -0.1) is 0 Å². The van der Waals surface area contributed by atoms with Gasteiger partial charge in [-0.1, -0.05) is 80.6 Å². The van der Waals surface area contributed by atoms with Gasteiger partial charge in [0.25, 0.3) is 5.91 Å². The summed E-state index contributed by atoms with van der Waals surface area (Å²) in [5, 5.41) is 7.84. The molecule has 170 valence electrons. The molecule has 3 aromatic rings. The summed E-state index contributed by atoms with van der Waals surface area (Å²) in [4.78, 5) is 39.6. The molecule has 2 N–H and O–H groups in total. The molecule has 4 rings (SSSR count). The topological polar surface area (TPSA) is 78.5 Å². The third-order valence-corrected chi connectivity index (χ3v) is 6.40. The SMILES string of the molecule is CC(C)c1ccc(C2(C)NC(=O)N(CC(=O)NC(C)c3cccc4ccccc34)C2=O)cc1. The van der Waals surface area contributed by atoms with Gasteiger partial charge < -0.3 is 10.6 Å². The number of amides is 4. The number of rotatable bonds is 6. The summed E-state index contributed by atoms with van der Waals surface area (Å²) in [5.41, 5.74) is 1.62. The van der Waals surface area contributed by atoms with Crippen LogP contribution in [0.2, 0.25) is 0 Å². The zero-order chi connectivity index (χ0) is 23.8. The Morgan fingerprint density at radius 3 is 2.33 bits per heavy atom. The molecule has 6 heteroatoms. The van der Waals surface area contributed by atoms with E-state index in [1.54, 1.807) is 6.92 Å². The minimum atomic E-state index is -1.20. The average molecular weight is 444 g/mol. The van der Waals surface area contributed by atoms with Crippen molar-refractivity contribution >= 4 is 28.6 Å². The van der Waals surface area contributed by atoms with Crippen LogP contribution in [-0.2, 0) is 15.1 Å². The molecule has 1 fully saturated rings. The molecule has 1 aliphatic heterocycles.